The molecule has 98 valence electrons. The fourth-order valence-electron chi connectivity index (χ4n) is 2.35. The Morgan fingerprint density at radius 2 is 2.33 bits per heavy atom. The monoisotopic (exact) mass is 264 g/mol. The van der Waals surface area contributed by atoms with Gasteiger partial charge < -0.3 is 10.2 Å². The third-order valence-corrected chi connectivity index (χ3v) is 3.98. The Morgan fingerprint density at radius 1 is 1.50 bits per heavy atom. The number of amides is 1. The van der Waals surface area contributed by atoms with E-state index < -0.39 is 0 Å². The van der Waals surface area contributed by atoms with Gasteiger partial charge in [0.15, 0.2) is 0 Å². The van der Waals surface area contributed by atoms with Crippen LogP contribution in [0.4, 0.5) is 5.69 Å². The van der Waals surface area contributed by atoms with Gasteiger partial charge in [0.25, 0.3) is 0 Å². The molecule has 1 aliphatic rings. The Labute approximate surface area is 113 Å². The molecule has 1 aromatic carbocycles. The van der Waals surface area contributed by atoms with Crippen molar-refractivity contribution in [1.29, 1.82) is 0 Å². The third-order valence-electron chi connectivity index (χ3n) is 3.25. The van der Waals surface area contributed by atoms with E-state index in [-0.39, 0.29) is 11.9 Å². The van der Waals surface area contributed by atoms with E-state index in [4.69, 9.17) is 0 Å². The molecular formula is C14H20N2OS. The zero-order valence-corrected chi connectivity index (χ0v) is 11.8. The predicted molar refractivity (Wildman–Crippen MR) is 77.3 cm³/mol. The van der Waals surface area contributed by atoms with Crippen LogP contribution in [0, 0.1) is 0 Å². The first-order valence-electron chi connectivity index (χ1n) is 6.45. The molecule has 1 aromatic rings. The van der Waals surface area contributed by atoms with Crippen molar-refractivity contribution in [2.75, 3.05) is 24.2 Å². The summed E-state index contributed by atoms with van der Waals surface area (Å²) in [6, 6.07) is 8.19. The molecule has 1 fully saturated rings. The van der Waals surface area contributed by atoms with E-state index >= 15 is 0 Å². The Morgan fingerprint density at radius 3 is 3.06 bits per heavy atom. The van der Waals surface area contributed by atoms with Crippen molar-refractivity contribution in [2.24, 2.45) is 0 Å². The van der Waals surface area contributed by atoms with Crippen LogP contribution in [0.15, 0.2) is 29.2 Å². The van der Waals surface area contributed by atoms with E-state index in [1.165, 1.54) is 4.90 Å². The van der Waals surface area contributed by atoms with Gasteiger partial charge in [-0.2, -0.15) is 0 Å². The number of nitrogens with one attached hydrogen (secondary N) is 1. The largest absolute Gasteiger partial charge is 0.311 e. The van der Waals surface area contributed by atoms with Crippen molar-refractivity contribution in [3.05, 3.63) is 24.3 Å². The number of carbonyl (C=O) groups excluding carboxylic acids is 1. The maximum Gasteiger partial charge on any atom is 0.244 e. The Hall–Kier alpha value is -1.00. The minimum Gasteiger partial charge on any atom is -0.311 e. The molecule has 1 saturated heterocycles. The van der Waals surface area contributed by atoms with E-state index in [0.717, 1.165) is 31.6 Å². The number of carbonyl (C=O) groups is 1. The molecule has 1 heterocycles. The number of piperidine rings is 1. The van der Waals surface area contributed by atoms with Gasteiger partial charge in [-0.1, -0.05) is 13.0 Å². The van der Waals surface area contributed by atoms with Gasteiger partial charge in [-0.15, -0.1) is 11.8 Å². The van der Waals surface area contributed by atoms with E-state index in [1.807, 2.05) is 24.0 Å². The first-order chi connectivity index (χ1) is 8.76. The summed E-state index contributed by atoms with van der Waals surface area (Å²) in [7, 11) is 0. The van der Waals surface area contributed by atoms with Crippen LogP contribution in [0.3, 0.4) is 0 Å². The van der Waals surface area contributed by atoms with Gasteiger partial charge in [-0.05, 0) is 43.8 Å². The summed E-state index contributed by atoms with van der Waals surface area (Å²) in [4.78, 5) is 15.5. The number of rotatable bonds is 4. The Bertz CT molecular complexity index is 420. The maximum absolute atomic E-state index is 12.4. The summed E-state index contributed by atoms with van der Waals surface area (Å²) in [5.74, 6) is 0.210. The van der Waals surface area contributed by atoms with E-state index in [9.17, 15) is 4.79 Å². The lowest BCUT2D eigenvalue weighted by molar-refractivity contribution is -0.121. The standard InChI is InChI=1S/C14H20N2OS/c1-3-15-13-8-5-9-16(14(13)17)11-6-4-7-12(10-11)18-2/h4,6-7,10,13,15H,3,5,8-9H2,1-2H3. The molecule has 2 rings (SSSR count). The fourth-order valence-corrected chi connectivity index (χ4v) is 2.80. The van der Waals surface area contributed by atoms with Crippen molar-refractivity contribution in [3.63, 3.8) is 0 Å². The quantitative estimate of drug-likeness (QED) is 0.848. The SMILES string of the molecule is CCNC1CCCN(c2cccc(SC)c2)C1=O. The molecule has 0 spiro atoms. The van der Waals surface area contributed by atoms with Gasteiger partial charge in [0.1, 0.15) is 0 Å². The number of thioether (sulfide) groups is 1. The predicted octanol–water partition coefficient (Wildman–Crippen LogP) is 2.51. The van der Waals surface area contributed by atoms with Crippen LogP contribution < -0.4 is 10.2 Å². The minimum atomic E-state index is -0.0123. The lowest BCUT2D eigenvalue weighted by atomic mass is 10.0. The molecule has 1 amide bonds. The molecule has 1 N–H and O–H groups in total. The molecule has 0 aromatic heterocycles. The molecular weight excluding hydrogens is 244 g/mol. The van der Waals surface area contributed by atoms with Crippen molar-refractivity contribution in [1.82, 2.24) is 5.32 Å². The van der Waals surface area contributed by atoms with Gasteiger partial charge in [-0.3, -0.25) is 4.79 Å². The van der Waals surface area contributed by atoms with E-state index in [0.29, 0.717) is 0 Å². The summed E-state index contributed by atoms with van der Waals surface area (Å²) >= 11 is 1.71. The van der Waals surface area contributed by atoms with Gasteiger partial charge >= 0.3 is 0 Å². The Kier molecular flexibility index (Phi) is 4.66. The summed E-state index contributed by atoms with van der Waals surface area (Å²) in [5.41, 5.74) is 1.02. The highest BCUT2D eigenvalue weighted by Crippen LogP contribution is 2.25. The first kappa shape index (κ1) is 13.4. The minimum absolute atomic E-state index is 0.0123. The second-order valence-corrected chi connectivity index (χ2v) is 5.32. The zero-order chi connectivity index (χ0) is 13.0. The van der Waals surface area contributed by atoms with Crippen LogP contribution in [0.1, 0.15) is 19.8 Å². The second kappa shape index (κ2) is 6.25. The highest BCUT2D eigenvalue weighted by atomic mass is 32.2. The van der Waals surface area contributed by atoms with Crippen LogP contribution in [0.25, 0.3) is 0 Å². The summed E-state index contributed by atoms with van der Waals surface area (Å²) in [6.45, 7) is 3.72. The van der Waals surface area contributed by atoms with Crippen LogP contribution >= 0.6 is 11.8 Å². The Balaban J connectivity index is 2.18. The lowest BCUT2D eigenvalue weighted by Gasteiger charge is -2.32. The van der Waals surface area contributed by atoms with Crippen LogP contribution in [0.5, 0.6) is 0 Å². The van der Waals surface area contributed by atoms with Gasteiger partial charge in [0.2, 0.25) is 5.91 Å². The molecule has 1 unspecified atom stereocenters. The normalized spacial score (nSPS) is 20.2. The van der Waals surface area contributed by atoms with Crippen molar-refractivity contribution < 1.29 is 4.79 Å². The number of likely N-dealkylation sites (N-methyl/N-ethyl adjacent to an activating group) is 1. The zero-order valence-electron chi connectivity index (χ0n) is 11.0. The molecule has 0 bridgehead atoms. The first-order valence-corrected chi connectivity index (χ1v) is 7.67. The average Bonchev–Trinajstić information content (AvgIpc) is 2.41. The molecule has 3 nitrogen and oxygen atoms in total. The van der Waals surface area contributed by atoms with Gasteiger partial charge in [0.05, 0.1) is 6.04 Å². The number of benzene rings is 1. The number of hydrogen-bond acceptors (Lipinski definition) is 3. The molecule has 1 aliphatic heterocycles. The average molecular weight is 264 g/mol. The number of anilines is 1. The van der Waals surface area contributed by atoms with Gasteiger partial charge in [-0.25, -0.2) is 0 Å². The van der Waals surface area contributed by atoms with Crippen molar-refractivity contribution in [2.45, 2.75) is 30.7 Å². The fraction of sp³-hybridized carbons (Fsp3) is 0.500. The highest BCUT2D eigenvalue weighted by molar-refractivity contribution is 7.98. The summed E-state index contributed by atoms with van der Waals surface area (Å²) < 4.78 is 0. The topological polar surface area (TPSA) is 32.3 Å². The van der Waals surface area contributed by atoms with E-state index in [2.05, 4.69) is 23.7 Å². The van der Waals surface area contributed by atoms with Crippen LogP contribution in [0.2, 0.25) is 0 Å². The molecule has 4 heteroatoms. The number of hydrogen-bond donors (Lipinski definition) is 1. The maximum atomic E-state index is 12.4. The van der Waals surface area contributed by atoms with Gasteiger partial charge in [0, 0.05) is 17.1 Å². The second-order valence-electron chi connectivity index (χ2n) is 4.44. The third kappa shape index (κ3) is 2.87. The van der Waals surface area contributed by atoms with E-state index in [1.54, 1.807) is 11.8 Å². The smallest absolute Gasteiger partial charge is 0.244 e. The summed E-state index contributed by atoms with van der Waals surface area (Å²) in [5, 5.41) is 3.27. The summed E-state index contributed by atoms with van der Waals surface area (Å²) in [6.07, 6.45) is 4.07. The van der Waals surface area contributed by atoms with Crippen LogP contribution in [-0.2, 0) is 4.79 Å². The van der Waals surface area contributed by atoms with Crippen molar-refractivity contribution in [3.8, 4) is 0 Å². The van der Waals surface area contributed by atoms with Crippen molar-refractivity contribution >= 4 is 23.4 Å². The molecule has 0 radical (unpaired) electrons. The molecule has 18 heavy (non-hydrogen) atoms. The number of nitrogens with zero attached hydrogens (tertiary/aromatic N) is 1. The van der Waals surface area contributed by atoms with Crippen LogP contribution in [-0.4, -0.2) is 31.3 Å². The highest BCUT2D eigenvalue weighted by Gasteiger charge is 2.28. The lowest BCUT2D eigenvalue weighted by Crippen LogP contribution is -2.50. The molecule has 0 saturated carbocycles. The molecule has 1 atom stereocenters. The molecule has 0 aliphatic carbocycles.